The molecule has 0 saturated carbocycles. The zero-order valence-electron chi connectivity index (χ0n) is 20.9. The number of hydrogen-bond donors (Lipinski definition) is 0. The van der Waals surface area contributed by atoms with Gasteiger partial charge in [0.2, 0.25) is 5.95 Å². The van der Waals surface area contributed by atoms with Crippen LogP contribution in [-0.4, -0.2) is 77.3 Å². The topological polar surface area (TPSA) is 61.8 Å². The third-order valence-electron chi connectivity index (χ3n) is 6.71. The van der Waals surface area contributed by atoms with Gasteiger partial charge in [-0.1, -0.05) is 20.8 Å². The first-order valence-electron chi connectivity index (χ1n) is 12.1. The molecule has 0 radical (unpaired) electrons. The number of carbonyl (C=O) groups excluding carboxylic acids is 1. The van der Waals surface area contributed by atoms with Crippen molar-refractivity contribution in [1.29, 1.82) is 0 Å². The average Bonchev–Trinajstić information content (AvgIpc) is 2.75. The molecule has 192 valence electrons. The van der Waals surface area contributed by atoms with Crippen molar-refractivity contribution >= 4 is 12.0 Å². The van der Waals surface area contributed by atoms with Crippen LogP contribution in [0.4, 0.5) is 23.9 Å². The molecule has 3 heterocycles. The minimum Gasteiger partial charge on any atom is -0.449 e. The largest absolute Gasteiger partial charge is 0.449 e. The van der Waals surface area contributed by atoms with Gasteiger partial charge in [0.05, 0.1) is 24.3 Å². The summed E-state index contributed by atoms with van der Waals surface area (Å²) in [6.07, 6.45) is 0.0298. The third-order valence-corrected chi connectivity index (χ3v) is 6.71. The van der Waals surface area contributed by atoms with Gasteiger partial charge in [-0.05, 0) is 64.1 Å². The number of amides is 1. The van der Waals surface area contributed by atoms with Crippen molar-refractivity contribution < 1.29 is 22.7 Å². The lowest BCUT2D eigenvalue weighted by molar-refractivity contribution is -0.138. The molecule has 10 heteroatoms. The normalized spacial score (nSPS) is 23.3. The fraction of sp³-hybridized carbons (Fsp3) is 0.792. The van der Waals surface area contributed by atoms with Gasteiger partial charge in [-0.3, -0.25) is 4.90 Å². The molecule has 3 rings (SSSR count). The van der Waals surface area contributed by atoms with Crippen molar-refractivity contribution in [3.63, 3.8) is 0 Å². The number of anilines is 1. The van der Waals surface area contributed by atoms with E-state index >= 15 is 0 Å². The SMILES string of the molecule is C[C@@H]1CN(c2ncc(C(F)(F)F)cn2)C[C@H](C)N1C(=O)OCC1CCN(CCC(C)(C)C)CC1. The number of rotatable bonds is 5. The van der Waals surface area contributed by atoms with Crippen molar-refractivity contribution in [3.8, 4) is 0 Å². The van der Waals surface area contributed by atoms with E-state index in [1.165, 1.54) is 6.42 Å². The monoisotopic (exact) mass is 485 g/mol. The Morgan fingerprint density at radius 2 is 1.62 bits per heavy atom. The standard InChI is InChI=1S/C24H38F3N5O2/c1-17-14-31(21-28-12-20(13-29-21)24(25,26)27)15-18(2)32(17)22(33)34-16-19-6-9-30(10-7-19)11-8-23(3,4)5/h12-13,17-19H,6-11,14-16H2,1-5H3/t17-,18+. The number of nitrogens with zero attached hydrogens (tertiary/aromatic N) is 5. The number of piperidine rings is 1. The quantitative estimate of drug-likeness (QED) is 0.604. The summed E-state index contributed by atoms with van der Waals surface area (Å²) in [5.41, 5.74) is -0.540. The molecular formula is C24H38F3N5O2. The minimum atomic E-state index is -4.47. The van der Waals surface area contributed by atoms with Gasteiger partial charge >= 0.3 is 12.3 Å². The molecule has 34 heavy (non-hydrogen) atoms. The first-order chi connectivity index (χ1) is 15.8. The number of hydrogen-bond acceptors (Lipinski definition) is 6. The molecule has 0 spiro atoms. The van der Waals surface area contributed by atoms with Crippen LogP contribution < -0.4 is 4.90 Å². The Morgan fingerprint density at radius 3 is 2.12 bits per heavy atom. The van der Waals surface area contributed by atoms with E-state index < -0.39 is 11.7 Å². The number of alkyl halides is 3. The van der Waals surface area contributed by atoms with Crippen LogP contribution in [0.3, 0.4) is 0 Å². The van der Waals surface area contributed by atoms with Crippen molar-refractivity contribution in [1.82, 2.24) is 19.8 Å². The Labute approximate surface area is 200 Å². The molecule has 2 fully saturated rings. The van der Waals surface area contributed by atoms with Crippen LogP contribution in [0, 0.1) is 11.3 Å². The maximum absolute atomic E-state index is 12.9. The molecule has 2 aliphatic rings. The van der Waals surface area contributed by atoms with E-state index in [0.717, 1.165) is 44.9 Å². The lowest BCUT2D eigenvalue weighted by Crippen LogP contribution is -2.59. The van der Waals surface area contributed by atoms with Gasteiger partial charge in [0, 0.05) is 25.5 Å². The van der Waals surface area contributed by atoms with Gasteiger partial charge < -0.3 is 14.5 Å². The zero-order valence-corrected chi connectivity index (χ0v) is 20.9. The highest BCUT2D eigenvalue weighted by molar-refractivity contribution is 5.69. The van der Waals surface area contributed by atoms with Crippen molar-refractivity contribution in [3.05, 3.63) is 18.0 Å². The van der Waals surface area contributed by atoms with Crippen LogP contribution in [0.25, 0.3) is 0 Å². The first-order valence-corrected chi connectivity index (χ1v) is 12.1. The predicted molar refractivity (Wildman–Crippen MR) is 125 cm³/mol. The number of piperazine rings is 1. The summed E-state index contributed by atoms with van der Waals surface area (Å²) in [5.74, 6) is 0.611. The Bertz CT molecular complexity index is 792. The molecule has 2 saturated heterocycles. The van der Waals surface area contributed by atoms with Gasteiger partial charge in [0.1, 0.15) is 0 Å². The van der Waals surface area contributed by atoms with E-state index in [1.807, 2.05) is 18.7 Å². The van der Waals surface area contributed by atoms with E-state index in [0.29, 0.717) is 31.0 Å². The summed E-state index contributed by atoms with van der Waals surface area (Å²) in [6.45, 7) is 15.1. The predicted octanol–water partition coefficient (Wildman–Crippen LogP) is 4.68. The summed E-state index contributed by atoms with van der Waals surface area (Å²) in [6, 6.07) is -0.359. The second-order valence-electron chi connectivity index (χ2n) is 11.0. The van der Waals surface area contributed by atoms with Gasteiger partial charge in [0.25, 0.3) is 0 Å². The summed E-state index contributed by atoms with van der Waals surface area (Å²) in [5, 5.41) is 0. The Hall–Kier alpha value is -2.10. The highest BCUT2D eigenvalue weighted by Crippen LogP contribution is 2.29. The molecular weight excluding hydrogens is 447 g/mol. The smallest absolute Gasteiger partial charge is 0.419 e. The maximum atomic E-state index is 12.9. The Balaban J connectivity index is 1.46. The van der Waals surface area contributed by atoms with Gasteiger partial charge in [-0.2, -0.15) is 13.2 Å². The molecule has 1 amide bonds. The molecule has 0 aromatic carbocycles. The van der Waals surface area contributed by atoms with Crippen LogP contribution in [-0.2, 0) is 10.9 Å². The Kier molecular flexibility index (Phi) is 8.31. The number of halogens is 3. The third kappa shape index (κ3) is 7.20. The van der Waals surface area contributed by atoms with Crippen molar-refractivity contribution in [2.45, 2.75) is 72.1 Å². The van der Waals surface area contributed by atoms with Crippen molar-refractivity contribution in [2.75, 3.05) is 44.2 Å². The van der Waals surface area contributed by atoms with Gasteiger partial charge in [0.15, 0.2) is 0 Å². The molecule has 7 nitrogen and oxygen atoms in total. The second-order valence-corrected chi connectivity index (χ2v) is 11.0. The number of likely N-dealkylation sites (tertiary alicyclic amines) is 1. The molecule has 2 aliphatic heterocycles. The lowest BCUT2D eigenvalue weighted by Gasteiger charge is -2.43. The second kappa shape index (κ2) is 10.7. The van der Waals surface area contributed by atoms with E-state index in [9.17, 15) is 18.0 Å². The zero-order chi connectivity index (χ0) is 25.1. The van der Waals surface area contributed by atoms with Crippen LogP contribution in [0.15, 0.2) is 12.4 Å². The van der Waals surface area contributed by atoms with Gasteiger partial charge in [-0.15, -0.1) is 0 Å². The summed E-state index contributed by atoms with van der Waals surface area (Å²) in [7, 11) is 0. The lowest BCUT2D eigenvalue weighted by atomic mass is 9.91. The summed E-state index contributed by atoms with van der Waals surface area (Å²) >= 11 is 0. The molecule has 0 aliphatic carbocycles. The maximum Gasteiger partial charge on any atom is 0.419 e. The molecule has 0 N–H and O–H groups in total. The molecule has 0 bridgehead atoms. The van der Waals surface area contributed by atoms with Crippen molar-refractivity contribution in [2.24, 2.45) is 11.3 Å². The van der Waals surface area contributed by atoms with Crippen LogP contribution >= 0.6 is 0 Å². The number of carbonyl (C=O) groups is 1. The minimum absolute atomic E-state index is 0.179. The van der Waals surface area contributed by atoms with Crippen LogP contribution in [0.5, 0.6) is 0 Å². The molecule has 1 aromatic heterocycles. The average molecular weight is 486 g/mol. The summed E-state index contributed by atoms with van der Waals surface area (Å²) < 4.78 is 44.0. The fourth-order valence-corrected chi connectivity index (χ4v) is 4.61. The molecule has 1 aromatic rings. The first kappa shape index (κ1) is 26.5. The fourth-order valence-electron chi connectivity index (χ4n) is 4.61. The number of aromatic nitrogens is 2. The van der Waals surface area contributed by atoms with E-state index in [1.54, 1.807) is 4.90 Å². The Morgan fingerprint density at radius 1 is 1.06 bits per heavy atom. The van der Waals surface area contributed by atoms with E-state index in [2.05, 4.69) is 35.6 Å². The van der Waals surface area contributed by atoms with Crippen LogP contribution in [0.1, 0.15) is 59.4 Å². The summed E-state index contributed by atoms with van der Waals surface area (Å²) in [4.78, 5) is 26.7. The van der Waals surface area contributed by atoms with E-state index in [4.69, 9.17) is 4.74 Å². The highest BCUT2D eigenvalue weighted by Gasteiger charge is 2.36. The van der Waals surface area contributed by atoms with Gasteiger partial charge in [-0.25, -0.2) is 14.8 Å². The van der Waals surface area contributed by atoms with Crippen LogP contribution in [0.2, 0.25) is 0 Å². The molecule has 0 unspecified atom stereocenters. The number of ether oxygens (including phenoxy) is 1. The highest BCUT2D eigenvalue weighted by atomic mass is 19.4. The molecule has 2 atom stereocenters. The van der Waals surface area contributed by atoms with E-state index in [-0.39, 0.29) is 24.1 Å².